The van der Waals surface area contributed by atoms with Crippen molar-refractivity contribution in [3.05, 3.63) is 35.9 Å². The molecule has 0 aromatic heterocycles. The average Bonchev–Trinajstić information content (AvgIpc) is 2.30. The highest BCUT2D eigenvalue weighted by atomic mass is 16.1. The van der Waals surface area contributed by atoms with Gasteiger partial charge in [0.1, 0.15) is 0 Å². The molecule has 2 nitrogen and oxygen atoms in total. The number of nitrogens with one attached hydrogen (secondary N) is 1. The Hall–Kier alpha value is -1.31. The van der Waals surface area contributed by atoms with Crippen molar-refractivity contribution in [2.24, 2.45) is 0 Å². The monoisotopic (exact) mass is 204 g/mol. The van der Waals surface area contributed by atoms with Crippen molar-refractivity contribution in [2.45, 2.75) is 32.6 Å². The second-order valence-corrected chi connectivity index (χ2v) is 3.59. The minimum absolute atomic E-state index is 0.0212. The number of rotatable bonds is 6. The van der Waals surface area contributed by atoms with E-state index in [2.05, 4.69) is 18.3 Å². The van der Waals surface area contributed by atoms with Gasteiger partial charge in [-0.3, -0.25) is 4.79 Å². The molecule has 1 aromatic carbocycles. The van der Waals surface area contributed by atoms with Crippen LogP contribution in [-0.2, 0) is 0 Å². The number of hydrogen-bond acceptors (Lipinski definition) is 1. The largest absolute Gasteiger partial charge is 0.352 e. The molecule has 2 heteroatoms. The Morgan fingerprint density at radius 1 is 1.33 bits per heavy atom. The quantitative estimate of drug-likeness (QED) is 0.709. The van der Waals surface area contributed by atoms with Crippen LogP contribution in [0.1, 0.15) is 43.0 Å². The topological polar surface area (TPSA) is 29.1 Å². The van der Waals surface area contributed by atoms with Gasteiger partial charge in [0, 0.05) is 12.1 Å². The Bertz CT molecular complexity index is 282. The SMILES string of the molecule is CCCCCCNC(=O)c1[c]cccc1. The molecule has 15 heavy (non-hydrogen) atoms. The Balaban J connectivity index is 2.20. The maximum absolute atomic E-state index is 11.5. The molecule has 1 amide bonds. The van der Waals surface area contributed by atoms with E-state index in [1.165, 1.54) is 19.3 Å². The zero-order chi connectivity index (χ0) is 10.9. The van der Waals surface area contributed by atoms with Gasteiger partial charge in [-0.15, -0.1) is 0 Å². The summed E-state index contributed by atoms with van der Waals surface area (Å²) < 4.78 is 0. The molecule has 0 bridgehead atoms. The summed E-state index contributed by atoms with van der Waals surface area (Å²) in [5.41, 5.74) is 0.619. The molecular weight excluding hydrogens is 186 g/mol. The molecule has 1 aromatic rings. The summed E-state index contributed by atoms with van der Waals surface area (Å²) in [6.45, 7) is 2.94. The molecule has 0 aliphatic heterocycles. The van der Waals surface area contributed by atoms with Gasteiger partial charge < -0.3 is 5.32 Å². The fourth-order valence-corrected chi connectivity index (χ4v) is 1.38. The van der Waals surface area contributed by atoms with Gasteiger partial charge in [0.2, 0.25) is 0 Å². The van der Waals surface area contributed by atoms with Crippen LogP contribution in [0.3, 0.4) is 0 Å². The second kappa shape index (κ2) is 7.04. The van der Waals surface area contributed by atoms with Crippen LogP contribution in [0.25, 0.3) is 0 Å². The molecule has 81 valence electrons. The first-order chi connectivity index (χ1) is 7.34. The summed E-state index contributed by atoms with van der Waals surface area (Å²) in [6, 6.07) is 10.2. The normalized spacial score (nSPS) is 9.93. The number of hydrogen-bond donors (Lipinski definition) is 1. The first-order valence-electron chi connectivity index (χ1n) is 5.59. The molecule has 0 aliphatic rings. The molecule has 1 rings (SSSR count). The lowest BCUT2D eigenvalue weighted by molar-refractivity contribution is 0.0952. The highest BCUT2D eigenvalue weighted by molar-refractivity contribution is 5.93. The third kappa shape index (κ3) is 4.63. The van der Waals surface area contributed by atoms with E-state index in [1.54, 1.807) is 12.1 Å². The van der Waals surface area contributed by atoms with Crippen LogP contribution in [0, 0.1) is 6.07 Å². The number of amides is 1. The summed E-state index contributed by atoms with van der Waals surface area (Å²) in [6.07, 6.45) is 4.72. The Morgan fingerprint density at radius 3 is 2.87 bits per heavy atom. The van der Waals surface area contributed by atoms with Gasteiger partial charge in [0.25, 0.3) is 5.91 Å². The minimum atomic E-state index is -0.0212. The molecule has 0 unspecified atom stereocenters. The lowest BCUT2D eigenvalue weighted by Crippen LogP contribution is -2.24. The molecule has 1 radical (unpaired) electrons. The Labute approximate surface area is 91.7 Å². The molecule has 1 N–H and O–H groups in total. The van der Waals surface area contributed by atoms with Crippen LogP contribution in [0.2, 0.25) is 0 Å². The fourth-order valence-electron chi connectivity index (χ4n) is 1.38. The van der Waals surface area contributed by atoms with E-state index in [-0.39, 0.29) is 5.91 Å². The summed E-state index contributed by atoms with van der Waals surface area (Å²) in [5, 5.41) is 2.89. The van der Waals surface area contributed by atoms with E-state index < -0.39 is 0 Å². The van der Waals surface area contributed by atoms with Crippen molar-refractivity contribution in [1.82, 2.24) is 5.32 Å². The van der Waals surface area contributed by atoms with Gasteiger partial charge in [-0.1, -0.05) is 44.4 Å². The third-order valence-electron chi connectivity index (χ3n) is 2.27. The Kier molecular flexibility index (Phi) is 5.52. The van der Waals surface area contributed by atoms with Gasteiger partial charge in [-0.25, -0.2) is 0 Å². The number of carbonyl (C=O) groups excluding carboxylic acids is 1. The fraction of sp³-hybridized carbons (Fsp3) is 0.462. The van der Waals surface area contributed by atoms with Crippen LogP contribution < -0.4 is 5.32 Å². The molecular formula is C13H18NO. The van der Waals surface area contributed by atoms with Crippen molar-refractivity contribution >= 4 is 5.91 Å². The van der Waals surface area contributed by atoms with Crippen LogP contribution >= 0.6 is 0 Å². The zero-order valence-electron chi connectivity index (χ0n) is 9.25. The van der Waals surface area contributed by atoms with E-state index in [0.29, 0.717) is 5.56 Å². The van der Waals surface area contributed by atoms with Crippen LogP contribution in [0.5, 0.6) is 0 Å². The smallest absolute Gasteiger partial charge is 0.251 e. The van der Waals surface area contributed by atoms with Crippen molar-refractivity contribution in [3.8, 4) is 0 Å². The predicted octanol–water partition coefficient (Wildman–Crippen LogP) is 2.80. The number of carbonyl (C=O) groups is 1. The molecule has 0 fully saturated rings. The highest BCUT2D eigenvalue weighted by Gasteiger charge is 2.02. The summed E-state index contributed by atoms with van der Waals surface area (Å²) in [7, 11) is 0. The standard InChI is InChI=1S/C13H18NO/c1-2-3-4-8-11-14-13(15)12-9-6-5-7-10-12/h5-7,9H,2-4,8,11H2,1H3,(H,14,15). The van der Waals surface area contributed by atoms with Crippen molar-refractivity contribution in [3.63, 3.8) is 0 Å². The molecule has 0 atom stereocenters. The van der Waals surface area contributed by atoms with Crippen molar-refractivity contribution in [1.29, 1.82) is 0 Å². The highest BCUT2D eigenvalue weighted by Crippen LogP contribution is 1.99. The van der Waals surface area contributed by atoms with E-state index in [0.717, 1.165) is 13.0 Å². The average molecular weight is 204 g/mol. The summed E-state index contributed by atoms with van der Waals surface area (Å²) >= 11 is 0. The number of unbranched alkanes of at least 4 members (excludes halogenated alkanes) is 3. The van der Waals surface area contributed by atoms with Crippen LogP contribution in [-0.4, -0.2) is 12.5 Å². The lowest BCUT2D eigenvalue weighted by Gasteiger charge is -2.04. The molecule has 0 spiro atoms. The molecule has 0 saturated heterocycles. The summed E-state index contributed by atoms with van der Waals surface area (Å²) in [5.74, 6) is -0.0212. The second-order valence-electron chi connectivity index (χ2n) is 3.59. The zero-order valence-corrected chi connectivity index (χ0v) is 9.25. The molecule has 0 heterocycles. The van der Waals surface area contributed by atoms with Gasteiger partial charge >= 0.3 is 0 Å². The predicted molar refractivity (Wildman–Crippen MR) is 61.8 cm³/mol. The van der Waals surface area contributed by atoms with Crippen molar-refractivity contribution in [2.75, 3.05) is 6.54 Å². The summed E-state index contributed by atoms with van der Waals surface area (Å²) in [4.78, 5) is 11.5. The molecule has 0 aliphatic carbocycles. The third-order valence-corrected chi connectivity index (χ3v) is 2.27. The Morgan fingerprint density at radius 2 is 2.20 bits per heavy atom. The van der Waals surface area contributed by atoms with E-state index in [4.69, 9.17) is 0 Å². The van der Waals surface area contributed by atoms with E-state index in [9.17, 15) is 4.79 Å². The number of benzene rings is 1. The molecule has 0 saturated carbocycles. The minimum Gasteiger partial charge on any atom is -0.352 e. The first-order valence-corrected chi connectivity index (χ1v) is 5.59. The van der Waals surface area contributed by atoms with E-state index in [1.807, 2.05) is 12.1 Å². The van der Waals surface area contributed by atoms with Gasteiger partial charge in [0.15, 0.2) is 0 Å². The van der Waals surface area contributed by atoms with E-state index >= 15 is 0 Å². The van der Waals surface area contributed by atoms with Gasteiger partial charge in [-0.2, -0.15) is 0 Å². The van der Waals surface area contributed by atoms with Gasteiger partial charge in [0.05, 0.1) is 0 Å². The maximum atomic E-state index is 11.5. The first kappa shape index (κ1) is 11.8. The van der Waals surface area contributed by atoms with Crippen LogP contribution in [0.15, 0.2) is 24.3 Å². The maximum Gasteiger partial charge on any atom is 0.251 e. The lowest BCUT2D eigenvalue weighted by atomic mass is 10.2. The van der Waals surface area contributed by atoms with Crippen LogP contribution in [0.4, 0.5) is 0 Å². The van der Waals surface area contributed by atoms with Gasteiger partial charge in [-0.05, 0) is 18.6 Å². The van der Waals surface area contributed by atoms with Crippen molar-refractivity contribution < 1.29 is 4.79 Å².